The van der Waals surface area contributed by atoms with Gasteiger partial charge in [-0.2, -0.15) is 5.26 Å². The van der Waals surface area contributed by atoms with Crippen LogP contribution in [0, 0.1) is 23.7 Å². The Bertz CT molecular complexity index is 464. The molecular formula is C12H11N3O. The second-order valence-electron chi connectivity index (χ2n) is 3.45. The largest absolute Gasteiger partial charge is 0.378 e. The molecule has 1 aliphatic heterocycles. The molecule has 1 aromatic rings. The molecule has 0 unspecified atom stereocenters. The Kier molecular flexibility index (Phi) is 3.05. The Morgan fingerprint density at radius 2 is 2.19 bits per heavy atom. The zero-order valence-electron chi connectivity index (χ0n) is 8.81. The number of rotatable bonds is 1. The minimum absolute atomic E-state index is 0.305. The number of aromatic nitrogens is 1. The van der Waals surface area contributed by atoms with Crippen molar-refractivity contribution < 1.29 is 4.74 Å². The fourth-order valence-electron chi connectivity index (χ4n) is 1.65. The van der Waals surface area contributed by atoms with Crippen molar-refractivity contribution in [2.45, 2.75) is 0 Å². The summed E-state index contributed by atoms with van der Waals surface area (Å²) >= 11 is 0. The number of hydrogen-bond acceptors (Lipinski definition) is 4. The van der Waals surface area contributed by atoms with Crippen molar-refractivity contribution in [2.75, 3.05) is 31.2 Å². The maximum absolute atomic E-state index is 8.81. The summed E-state index contributed by atoms with van der Waals surface area (Å²) in [5, 5.41) is 8.81. The van der Waals surface area contributed by atoms with Crippen LogP contribution in [0.4, 0.5) is 5.69 Å². The second kappa shape index (κ2) is 4.65. The highest BCUT2D eigenvalue weighted by molar-refractivity contribution is 5.54. The lowest BCUT2D eigenvalue weighted by atomic mass is 10.2. The lowest BCUT2D eigenvalue weighted by molar-refractivity contribution is 0.122. The van der Waals surface area contributed by atoms with Gasteiger partial charge < -0.3 is 9.64 Å². The monoisotopic (exact) mass is 213 g/mol. The van der Waals surface area contributed by atoms with Gasteiger partial charge in [-0.05, 0) is 6.07 Å². The summed E-state index contributed by atoms with van der Waals surface area (Å²) in [7, 11) is 0. The highest BCUT2D eigenvalue weighted by atomic mass is 16.5. The van der Waals surface area contributed by atoms with E-state index in [2.05, 4.69) is 15.8 Å². The molecule has 0 saturated carbocycles. The summed E-state index contributed by atoms with van der Waals surface area (Å²) < 4.78 is 5.27. The van der Waals surface area contributed by atoms with Crippen LogP contribution in [0.2, 0.25) is 0 Å². The van der Waals surface area contributed by atoms with Gasteiger partial charge in [0.05, 0.1) is 30.7 Å². The molecule has 1 aliphatic rings. The third kappa shape index (κ3) is 1.98. The first-order chi connectivity index (χ1) is 7.85. The molecule has 0 amide bonds. The number of nitriles is 1. The molecule has 0 radical (unpaired) electrons. The van der Waals surface area contributed by atoms with E-state index in [1.54, 1.807) is 6.20 Å². The number of pyridine rings is 1. The molecule has 0 atom stereocenters. The smallest absolute Gasteiger partial charge is 0.156 e. The molecule has 4 nitrogen and oxygen atoms in total. The van der Waals surface area contributed by atoms with Crippen LogP contribution >= 0.6 is 0 Å². The van der Waals surface area contributed by atoms with Crippen LogP contribution in [-0.4, -0.2) is 31.3 Å². The zero-order chi connectivity index (χ0) is 11.4. The van der Waals surface area contributed by atoms with Crippen LogP contribution in [0.5, 0.6) is 0 Å². The Hall–Kier alpha value is -2.04. The fourth-order valence-corrected chi connectivity index (χ4v) is 1.65. The third-order valence-corrected chi connectivity index (χ3v) is 2.51. The van der Waals surface area contributed by atoms with Crippen LogP contribution in [-0.2, 0) is 4.74 Å². The van der Waals surface area contributed by atoms with Crippen molar-refractivity contribution in [3.63, 3.8) is 0 Å². The fraction of sp³-hybridized carbons (Fsp3) is 0.333. The Labute approximate surface area is 94.5 Å². The molecule has 1 fully saturated rings. The van der Waals surface area contributed by atoms with Gasteiger partial charge in [-0.25, -0.2) is 4.98 Å². The average Bonchev–Trinajstić information content (AvgIpc) is 2.39. The molecule has 80 valence electrons. The maximum atomic E-state index is 8.81. The number of ether oxygens (including phenoxy) is 1. The lowest BCUT2D eigenvalue weighted by Crippen LogP contribution is -2.36. The van der Waals surface area contributed by atoms with E-state index in [4.69, 9.17) is 16.4 Å². The number of terminal acetylenes is 1. The van der Waals surface area contributed by atoms with Crippen molar-refractivity contribution in [2.24, 2.45) is 0 Å². The molecular weight excluding hydrogens is 202 g/mol. The molecule has 4 heteroatoms. The third-order valence-electron chi connectivity index (χ3n) is 2.51. The minimum Gasteiger partial charge on any atom is -0.378 e. The molecule has 1 aromatic heterocycles. The molecule has 16 heavy (non-hydrogen) atoms. The second-order valence-corrected chi connectivity index (χ2v) is 3.45. The predicted octanol–water partition coefficient (Wildman–Crippen LogP) is 0.771. The van der Waals surface area contributed by atoms with Crippen LogP contribution in [0.3, 0.4) is 0 Å². The molecule has 0 aromatic carbocycles. The van der Waals surface area contributed by atoms with E-state index in [1.165, 1.54) is 0 Å². The Morgan fingerprint density at radius 3 is 2.81 bits per heavy atom. The number of morpholine rings is 1. The lowest BCUT2D eigenvalue weighted by Gasteiger charge is -2.28. The van der Waals surface area contributed by atoms with E-state index in [-0.39, 0.29) is 0 Å². The van der Waals surface area contributed by atoms with Crippen LogP contribution in [0.15, 0.2) is 12.3 Å². The van der Waals surface area contributed by atoms with E-state index in [0.717, 1.165) is 18.8 Å². The highest BCUT2D eigenvalue weighted by Gasteiger charge is 2.13. The summed E-state index contributed by atoms with van der Waals surface area (Å²) in [4.78, 5) is 6.21. The van der Waals surface area contributed by atoms with Crippen LogP contribution in [0.25, 0.3) is 0 Å². The molecule has 0 bridgehead atoms. The zero-order valence-corrected chi connectivity index (χ0v) is 8.81. The topological polar surface area (TPSA) is 49.1 Å². The van der Waals surface area contributed by atoms with Gasteiger partial charge in [0, 0.05) is 13.1 Å². The van der Waals surface area contributed by atoms with E-state index >= 15 is 0 Å². The number of nitrogens with zero attached hydrogens (tertiary/aromatic N) is 3. The van der Waals surface area contributed by atoms with Gasteiger partial charge in [-0.15, -0.1) is 6.42 Å². The Balaban J connectivity index is 2.29. The quantitative estimate of drug-likeness (QED) is 0.646. The van der Waals surface area contributed by atoms with Gasteiger partial charge in [-0.1, -0.05) is 5.92 Å². The summed E-state index contributed by atoms with van der Waals surface area (Å²) in [6.45, 7) is 3.09. The van der Waals surface area contributed by atoms with Crippen molar-refractivity contribution in [3.8, 4) is 18.4 Å². The van der Waals surface area contributed by atoms with E-state index < -0.39 is 0 Å². The summed E-state index contributed by atoms with van der Waals surface area (Å²) in [6, 6.07) is 3.81. The molecule has 0 N–H and O–H groups in total. The van der Waals surface area contributed by atoms with Gasteiger partial charge in [0.2, 0.25) is 0 Å². The predicted molar refractivity (Wildman–Crippen MR) is 59.9 cm³/mol. The molecule has 2 rings (SSSR count). The van der Waals surface area contributed by atoms with E-state index in [0.29, 0.717) is 24.5 Å². The summed E-state index contributed by atoms with van der Waals surface area (Å²) in [5.74, 6) is 2.48. The normalized spacial score (nSPS) is 15.2. The highest BCUT2D eigenvalue weighted by Crippen LogP contribution is 2.17. The Morgan fingerprint density at radius 1 is 1.44 bits per heavy atom. The van der Waals surface area contributed by atoms with Gasteiger partial charge in [0.15, 0.2) is 5.69 Å². The molecule has 0 aliphatic carbocycles. The van der Waals surface area contributed by atoms with Gasteiger partial charge in [0.1, 0.15) is 6.07 Å². The summed E-state index contributed by atoms with van der Waals surface area (Å²) in [5.41, 5.74) is 1.81. The van der Waals surface area contributed by atoms with Crippen molar-refractivity contribution in [3.05, 3.63) is 23.5 Å². The minimum atomic E-state index is 0.305. The SMILES string of the molecule is C#Cc1cc(N2CCOCC2)cnc1C#N. The van der Waals surface area contributed by atoms with Crippen LogP contribution in [0.1, 0.15) is 11.3 Å². The molecule has 1 saturated heterocycles. The van der Waals surface area contributed by atoms with E-state index in [1.807, 2.05) is 12.1 Å². The molecule has 2 heterocycles. The number of hydrogen-bond donors (Lipinski definition) is 0. The molecule has 0 spiro atoms. The van der Waals surface area contributed by atoms with Gasteiger partial charge in [-0.3, -0.25) is 0 Å². The van der Waals surface area contributed by atoms with E-state index in [9.17, 15) is 0 Å². The average molecular weight is 213 g/mol. The maximum Gasteiger partial charge on any atom is 0.156 e. The van der Waals surface area contributed by atoms with Crippen molar-refractivity contribution >= 4 is 5.69 Å². The standard InChI is InChI=1S/C12H11N3O/c1-2-10-7-11(9-14-12(10)8-13)15-3-5-16-6-4-15/h1,7,9H,3-6H2. The van der Waals surface area contributed by atoms with Gasteiger partial charge >= 0.3 is 0 Å². The first-order valence-electron chi connectivity index (χ1n) is 5.04. The van der Waals surface area contributed by atoms with Crippen molar-refractivity contribution in [1.29, 1.82) is 5.26 Å². The van der Waals surface area contributed by atoms with Crippen LogP contribution < -0.4 is 4.90 Å². The van der Waals surface area contributed by atoms with Crippen molar-refractivity contribution in [1.82, 2.24) is 4.98 Å². The number of anilines is 1. The first kappa shape index (κ1) is 10.5. The van der Waals surface area contributed by atoms with Gasteiger partial charge in [0.25, 0.3) is 0 Å². The first-order valence-corrected chi connectivity index (χ1v) is 5.04. The summed E-state index contributed by atoms with van der Waals surface area (Å²) in [6.07, 6.45) is 7.03.